The van der Waals surface area contributed by atoms with Crippen LogP contribution in [-0.2, 0) is 0 Å². The molecule has 0 radical (unpaired) electrons. The van der Waals surface area contributed by atoms with Crippen LogP contribution < -0.4 is 5.56 Å². The van der Waals surface area contributed by atoms with Gasteiger partial charge in [-0.15, -0.1) is 0 Å². The lowest BCUT2D eigenvalue weighted by molar-refractivity contribution is 0.432. The van der Waals surface area contributed by atoms with Crippen molar-refractivity contribution in [2.75, 3.05) is 0 Å². The molecule has 3 rings (SSSR count). The number of aromatic amines is 1. The second kappa shape index (κ2) is 7.68. The third-order valence-corrected chi connectivity index (χ3v) is 4.95. The second-order valence-electron chi connectivity index (χ2n) is 5.14. The molecular weight excluding hydrogens is 492 g/mol. The van der Waals surface area contributed by atoms with Gasteiger partial charge in [0.25, 0.3) is 5.56 Å². The van der Waals surface area contributed by atoms with Crippen LogP contribution in [0.15, 0.2) is 52.3 Å². The number of halogens is 3. The van der Waals surface area contributed by atoms with Gasteiger partial charge in [0.15, 0.2) is 4.77 Å². The summed E-state index contributed by atoms with van der Waals surface area (Å²) in [6.45, 7) is 0. The highest BCUT2D eigenvalue weighted by molar-refractivity contribution is 14.1. The van der Waals surface area contributed by atoms with E-state index < -0.39 is 17.3 Å². The van der Waals surface area contributed by atoms with Crippen molar-refractivity contribution in [3.63, 3.8) is 0 Å². The molecule has 3 aromatic rings. The number of para-hydroxylation sites is 1. The molecule has 26 heavy (non-hydrogen) atoms. The summed E-state index contributed by atoms with van der Waals surface area (Å²) < 4.78 is 15.4. The summed E-state index contributed by atoms with van der Waals surface area (Å²) in [5.74, 6) is -1.03. The topological polar surface area (TPSA) is 70.4 Å². The van der Waals surface area contributed by atoms with E-state index in [9.17, 15) is 14.3 Å². The number of aliphatic imine (C=N–C) groups is 1. The summed E-state index contributed by atoms with van der Waals surface area (Å²) in [5.41, 5.74) is 0.273. The van der Waals surface area contributed by atoms with E-state index in [-0.39, 0.29) is 15.4 Å². The molecule has 2 N–H and O–H groups in total. The van der Waals surface area contributed by atoms with Gasteiger partial charge in [-0.2, -0.15) is 0 Å². The first-order chi connectivity index (χ1) is 12.4. The molecule has 1 heterocycles. The van der Waals surface area contributed by atoms with E-state index in [2.05, 4.69) is 32.6 Å². The van der Waals surface area contributed by atoms with Gasteiger partial charge >= 0.3 is 0 Å². The first kappa shape index (κ1) is 18.7. The fraction of sp³-hybridized carbons (Fsp3) is 0. The van der Waals surface area contributed by atoms with Crippen molar-refractivity contribution in [2.24, 2.45) is 4.99 Å². The lowest BCUT2D eigenvalue weighted by Gasteiger charge is -2.11. The summed E-state index contributed by atoms with van der Waals surface area (Å²) in [7, 11) is 0. The summed E-state index contributed by atoms with van der Waals surface area (Å²) in [4.78, 5) is 18.9. The van der Waals surface area contributed by atoms with Crippen molar-refractivity contribution in [3.8, 4) is 11.6 Å². The van der Waals surface area contributed by atoms with Gasteiger partial charge < -0.3 is 5.11 Å². The van der Waals surface area contributed by atoms with Gasteiger partial charge in [-0.3, -0.25) is 19.3 Å². The maximum Gasteiger partial charge on any atom is 0.264 e. The zero-order valence-electron chi connectivity index (χ0n) is 12.9. The highest BCUT2D eigenvalue weighted by Gasteiger charge is 2.14. The Morgan fingerprint density at radius 3 is 2.73 bits per heavy atom. The molecule has 0 bridgehead atoms. The fourth-order valence-corrected chi connectivity index (χ4v) is 3.20. The summed E-state index contributed by atoms with van der Waals surface area (Å²) in [5, 5.41) is 10.4. The van der Waals surface area contributed by atoms with Crippen molar-refractivity contribution in [3.05, 3.63) is 77.6 Å². The monoisotopic (exact) mass is 501 g/mol. The van der Waals surface area contributed by atoms with Crippen molar-refractivity contribution in [1.82, 2.24) is 9.55 Å². The van der Waals surface area contributed by atoms with E-state index in [0.717, 1.165) is 9.64 Å². The summed E-state index contributed by atoms with van der Waals surface area (Å²) in [6, 6.07) is 11.1. The van der Waals surface area contributed by atoms with E-state index >= 15 is 0 Å². The van der Waals surface area contributed by atoms with Gasteiger partial charge in [0, 0.05) is 9.78 Å². The zero-order valence-corrected chi connectivity index (χ0v) is 16.6. The van der Waals surface area contributed by atoms with Crippen molar-refractivity contribution < 1.29 is 9.50 Å². The minimum Gasteiger partial charge on any atom is -0.494 e. The van der Waals surface area contributed by atoms with Crippen LogP contribution in [0.4, 0.5) is 10.1 Å². The van der Waals surface area contributed by atoms with Gasteiger partial charge in [0.1, 0.15) is 11.4 Å². The molecular formula is C17H10ClFIN3O2S. The van der Waals surface area contributed by atoms with E-state index in [1.54, 1.807) is 6.07 Å². The quantitative estimate of drug-likeness (QED) is 0.309. The van der Waals surface area contributed by atoms with Gasteiger partial charge in [0.2, 0.25) is 5.88 Å². The number of aromatic nitrogens is 2. The van der Waals surface area contributed by atoms with Crippen LogP contribution in [0.5, 0.6) is 5.88 Å². The summed E-state index contributed by atoms with van der Waals surface area (Å²) >= 11 is 13.0. The average Bonchev–Trinajstić information content (AvgIpc) is 2.59. The van der Waals surface area contributed by atoms with E-state index in [0.29, 0.717) is 11.4 Å². The Balaban J connectivity index is 2.16. The number of hydrogen-bond donors (Lipinski definition) is 2. The Morgan fingerprint density at radius 1 is 1.31 bits per heavy atom. The lowest BCUT2D eigenvalue weighted by Crippen LogP contribution is -2.18. The molecule has 5 nitrogen and oxygen atoms in total. The first-order valence-corrected chi connectivity index (χ1v) is 9.07. The predicted molar refractivity (Wildman–Crippen MR) is 110 cm³/mol. The zero-order chi connectivity index (χ0) is 18.8. The molecule has 0 amide bonds. The van der Waals surface area contributed by atoms with Crippen molar-refractivity contribution in [2.45, 2.75) is 0 Å². The third-order valence-electron chi connectivity index (χ3n) is 3.47. The molecule has 9 heteroatoms. The normalized spacial score (nSPS) is 11.2. The minimum absolute atomic E-state index is 0.0541. The molecule has 132 valence electrons. The minimum atomic E-state index is -0.605. The standard InChI is InChI=1S/C17H10ClFIN3O2S/c18-11-7-9(5-6-12(11)19)23-16(25)10(15(24)22-17(23)26)8-21-14-4-2-1-3-13(14)20/h1-8,25H,(H,22,24,26). The molecule has 0 saturated carbocycles. The van der Waals surface area contributed by atoms with Gasteiger partial charge in [0.05, 0.1) is 16.4 Å². The predicted octanol–water partition coefficient (Wildman–Crippen LogP) is 4.75. The number of aromatic hydroxyl groups is 1. The Hall–Kier alpha value is -2.04. The molecule has 2 aromatic carbocycles. The average molecular weight is 502 g/mol. The molecule has 0 fully saturated rings. The van der Waals surface area contributed by atoms with Crippen LogP contribution >= 0.6 is 46.4 Å². The van der Waals surface area contributed by atoms with Gasteiger partial charge in [-0.1, -0.05) is 23.7 Å². The maximum absolute atomic E-state index is 13.4. The second-order valence-corrected chi connectivity index (χ2v) is 7.10. The highest BCUT2D eigenvalue weighted by atomic mass is 127. The Bertz CT molecular complexity index is 1140. The van der Waals surface area contributed by atoms with Crippen molar-refractivity contribution in [1.29, 1.82) is 0 Å². The molecule has 0 atom stereocenters. The number of hydrogen-bond acceptors (Lipinski definition) is 4. The fourth-order valence-electron chi connectivity index (χ4n) is 2.21. The number of benzene rings is 2. The first-order valence-electron chi connectivity index (χ1n) is 7.21. The van der Waals surface area contributed by atoms with E-state index in [1.165, 1.54) is 22.9 Å². The number of rotatable bonds is 3. The largest absolute Gasteiger partial charge is 0.494 e. The Labute approximate surface area is 171 Å². The molecule has 0 spiro atoms. The lowest BCUT2D eigenvalue weighted by atomic mass is 10.2. The number of nitrogens with zero attached hydrogens (tertiary/aromatic N) is 2. The number of nitrogens with one attached hydrogen (secondary N) is 1. The van der Waals surface area contributed by atoms with Crippen LogP contribution in [0.1, 0.15) is 5.56 Å². The molecule has 0 unspecified atom stereocenters. The Kier molecular flexibility index (Phi) is 5.54. The van der Waals surface area contributed by atoms with Crippen molar-refractivity contribution >= 4 is 58.3 Å². The third kappa shape index (κ3) is 3.71. The van der Waals surface area contributed by atoms with E-state index in [1.807, 2.05) is 18.2 Å². The van der Waals surface area contributed by atoms with Crippen LogP contribution in [0.2, 0.25) is 5.02 Å². The molecule has 1 aromatic heterocycles. The molecule has 0 aliphatic carbocycles. The van der Waals surface area contributed by atoms with E-state index in [4.69, 9.17) is 23.8 Å². The van der Waals surface area contributed by atoms with Crippen LogP contribution in [0.3, 0.4) is 0 Å². The van der Waals surface area contributed by atoms with Crippen LogP contribution in [0.25, 0.3) is 5.69 Å². The molecule has 0 saturated heterocycles. The Morgan fingerprint density at radius 2 is 2.04 bits per heavy atom. The van der Waals surface area contributed by atoms with Gasteiger partial charge in [-0.05, 0) is 65.1 Å². The van der Waals surface area contributed by atoms with Crippen LogP contribution in [-0.4, -0.2) is 20.9 Å². The van der Waals surface area contributed by atoms with Gasteiger partial charge in [-0.25, -0.2) is 4.39 Å². The SMILES string of the molecule is O=c1[nH]c(=S)n(-c2ccc(F)c(Cl)c2)c(O)c1C=Nc1ccccc1I. The van der Waals surface area contributed by atoms with Crippen LogP contribution in [0, 0.1) is 14.2 Å². The molecule has 0 aliphatic rings. The smallest absolute Gasteiger partial charge is 0.264 e. The summed E-state index contributed by atoms with van der Waals surface area (Å²) in [6.07, 6.45) is 1.25. The maximum atomic E-state index is 13.4. The molecule has 0 aliphatic heterocycles. The highest BCUT2D eigenvalue weighted by Crippen LogP contribution is 2.24. The number of H-pyrrole nitrogens is 1.